The molecule has 5 heteroatoms. The summed E-state index contributed by atoms with van der Waals surface area (Å²) in [5, 5.41) is 3.09. The van der Waals surface area contributed by atoms with Crippen molar-refractivity contribution in [1.29, 1.82) is 0 Å². The third-order valence-electron chi connectivity index (χ3n) is 2.92. The van der Waals surface area contributed by atoms with Crippen LogP contribution in [-0.4, -0.2) is 61.4 Å². The maximum absolute atomic E-state index is 11.7. The van der Waals surface area contributed by atoms with Crippen LogP contribution in [0.1, 0.15) is 12.8 Å². The standard InChI is InChI=1S/C10H18N4O/c1-13-7-4-11-10(13)12-8-9(15)14-5-2-3-6-14/h2-8H2,1H3,(H,11,12). The molecule has 0 aromatic rings. The predicted octanol–water partition coefficient (Wildman–Crippen LogP) is -0.500. The van der Waals surface area contributed by atoms with E-state index < -0.39 is 0 Å². The Bertz CT molecular complexity index is 271. The topological polar surface area (TPSA) is 47.9 Å². The summed E-state index contributed by atoms with van der Waals surface area (Å²) in [5.74, 6) is 1.04. The van der Waals surface area contributed by atoms with Gasteiger partial charge in [-0.1, -0.05) is 0 Å². The van der Waals surface area contributed by atoms with Crippen LogP contribution in [-0.2, 0) is 4.79 Å². The number of carbonyl (C=O) groups is 1. The lowest BCUT2D eigenvalue weighted by Crippen LogP contribution is -2.42. The van der Waals surface area contributed by atoms with Crippen LogP contribution in [0.25, 0.3) is 0 Å². The first-order valence-corrected chi connectivity index (χ1v) is 5.54. The lowest BCUT2D eigenvalue weighted by atomic mass is 10.4. The van der Waals surface area contributed by atoms with Crippen LogP contribution in [0.4, 0.5) is 0 Å². The molecule has 2 heterocycles. The molecule has 84 valence electrons. The van der Waals surface area contributed by atoms with Crippen LogP contribution in [0.5, 0.6) is 0 Å². The second-order valence-electron chi connectivity index (χ2n) is 4.07. The maximum atomic E-state index is 11.7. The average molecular weight is 210 g/mol. The minimum atomic E-state index is 0.190. The molecule has 0 spiro atoms. The fourth-order valence-corrected chi connectivity index (χ4v) is 1.96. The Kier molecular flexibility index (Phi) is 3.08. The van der Waals surface area contributed by atoms with Gasteiger partial charge in [-0.2, -0.15) is 0 Å². The molecule has 0 atom stereocenters. The minimum absolute atomic E-state index is 0.190. The van der Waals surface area contributed by atoms with E-state index in [0.29, 0.717) is 6.54 Å². The van der Waals surface area contributed by atoms with E-state index in [1.807, 2.05) is 16.8 Å². The molecule has 1 fully saturated rings. The van der Waals surface area contributed by atoms with Gasteiger partial charge < -0.3 is 15.1 Å². The summed E-state index contributed by atoms with van der Waals surface area (Å²) in [5.41, 5.74) is 0. The molecule has 0 bridgehead atoms. The third-order valence-corrected chi connectivity index (χ3v) is 2.92. The average Bonchev–Trinajstić information content (AvgIpc) is 2.85. The normalized spacial score (nSPS) is 20.7. The number of nitrogens with one attached hydrogen (secondary N) is 1. The molecule has 5 nitrogen and oxygen atoms in total. The number of guanidine groups is 1. The van der Waals surface area contributed by atoms with Gasteiger partial charge in [0.05, 0.1) is 13.1 Å². The molecule has 0 saturated carbocycles. The summed E-state index contributed by atoms with van der Waals surface area (Å²) < 4.78 is 0. The summed E-state index contributed by atoms with van der Waals surface area (Å²) in [6.07, 6.45) is 2.29. The first kappa shape index (κ1) is 10.3. The highest BCUT2D eigenvalue weighted by Crippen LogP contribution is 2.06. The van der Waals surface area contributed by atoms with Crippen LogP contribution in [0.15, 0.2) is 4.99 Å². The van der Waals surface area contributed by atoms with Gasteiger partial charge in [-0.3, -0.25) is 9.79 Å². The quantitative estimate of drug-likeness (QED) is 0.668. The number of likely N-dealkylation sites (N-methyl/N-ethyl adjacent to an activating group) is 1. The summed E-state index contributed by atoms with van der Waals surface area (Å²) in [6, 6.07) is 0. The number of amides is 1. The summed E-state index contributed by atoms with van der Waals surface area (Å²) in [7, 11) is 1.99. The van der Waals surface area contributed by atoms with Crippen LogP contribution >= 0.6 is 0 Å². The highest BCUT2D eigenvalue weighted by Gasteiger charge is 2.19. The van der Waals surface area contributed by atoms with Gasteiger partial charge in [0.2, 0.25) is 5.91 Å². The Morgan fingerprint density at radius 2 is 2.13 bits per heavy atom. The molecule has 15 heavy (non-hydrogen) atoms. The van der Waals surface area contributed by atoms with E-state index in [9.17, 15) is 4.79 Å². The van der Waals surface area contributed by atoms with Gasteiger partial charge in [0.25, 0.3) is 0 Å². The van der Waals surface area contributed by atoms with E-state index in [4.69, 9.17) is 0 Å². The Morgan fingerprint density at radius 1 is 1.40 bits per heavy atom. The molecule has 0 aliphatic carbocycles. The molecule has 0 aromatic heterocycles. The smallest absolute Gasteiger partial charge is 0.241 e. The molecule has 2 aliphatic rings. The van der Waals surface area contributed by atoms with Gasteiger partial charge in [-0.15, -0.1) is 0 Å². The van der Waals surface area contributed by atoms with Gasteiger partial charge >= 0.3 is 0 Å². The van der Waals surface area contributed by atoms with E-state index in [2.05, 4.69) is 10.3 Å². The van der Waals surface area contributed by atoms with E-state index >= 15 is 0 Å². The lowest BCUT2D eigenvalue weighted by Gasteiger charge is -2.18. The van der Waals surface area contributed by atoms with Gasteiger partial charge in [0.1, 0.15) is 0 Å². The monoisotopic (exact) mass is 210 g/mol. The zero-order valence-electron chi connectivity index (χ0n) is 9.20. The van der Waals surface area contributed by atoms with Crippen molar-refractivity contribution in [2.75, 3.05) is 39.8 Å². The Morgan fingerprint density at radius 3 is 2.73 bits per heavy atom. The number of aliphatic imine (C=N–C) groups is 1. The first-order chi connectivity index (χ1) is 7.27. The van der Waals surface area contributed by atoms with E-state index in [0.717, 1.165) is 45.0 Å². The second-order valence-corrected chi connectivity index (χ2v) is 4.07. The number of nitrogens with zero attached hydrogens (tertiary/aromatic N) is 3. The van der Waals surface area contributed by atoms with Crippen molar-refractivity contribution in [3.63, 3.8) is 0 Å². The molecule has 1 saturated heterocycles. The van der Waals surface area contributed by atoms with E-state index in [1.54, 1.807) is 0 Å². The molecule has 1 amide bonds. The van der Waals surface area contributed by atoms with Crippen molar-refractivity contribution < 1.29 is 4.79 Å². The molecular formula is C10H18N4O. The summed E-state index contributed by atoms with van der Waals surface area (Å²) in [6.45, 7) is 3.99. The number of hydrogen-bond acceptors (Lipinski definition) is 4. The van der Waals surface area contributed by atoms with Crippen LogP contribution < -0.4 is 5.32 Å². The van der Waals surface area contributed by atoms with Gasteiger partial charge in [0, 0.05) is 26.7 Å². The molecule has 0 radical (unpaired) electrons. The SMILES string of the molecule is CN1CCN=C1NCC(=O)N1CCCC1. The largest absolute Gasteiger partial charge is 0.347 e. The zero-order valence-corrected chi connectivity index (χ0v) is 9.20. The lowest BCUT2D eigenvalue weighted by molar-refractivity contribution is -0.128. The number of likely N-dealkylation sites (tertiary alicyclic amines) is 1. The highest BCUT2D eigenvalue weighted by molar-refractivity contribution is 5.87. The number of rotatable bonds is 2. The third kappa shape index (κ3) is 2.40. The van der Waals surface area contributed by atoms with Gasteiger partial charge in [-0.05, 0) is 12.8 Å². The van der Waals surface area contributed by atoms with Gasteiger partial charge in [-0.25, -0.2) is 0 Å². The molecule has 1 N–H and O–H groups in total. The fourth-order valence-electron chi connectivity index (χ4n) is 1.96. The predicted molar refractivity (Wildman–Crippen MR) is 58.7 cm³/mol. The Hall–Kier alpha value is -1.26. The van der Waals surface area contributed by atoms with Crippen molar-refractivity contribution in [2.45, 2.75) is 12.8 Å². The van der Waals surface area contributed by atoms with Crippen LogP contribution in [0.3, 0.4) is 0 Å². The molecule has 2 rings (SSSR count). The molecular weight excluding hydrogens is 192 g/mol. The number of carbonyl (C=O) groups excluding carboxylic acids is 1. The maximum Gasteiger partial charge on any atom is 0.241 e. The first-order valence-electron chi connectivity index (χ1n) is 5.54. The van der Waals surface area contributed by atoms with Crippen molar-refractivity contribution in [2.24, 2.45) is 4.99 Å². The van der Waals surface area contributed by atoms with E-state index in [1.165, 1.54) is 0 Å². The van der Waals surface area contributed by atoms with Crippen LogP contribution in [0.2, 0.25) is 0 Å². The van der Waals surface area contributed by atoms with Crippen molar-refractivity contribution >= 4 is 11.9 Å². The molecule has 2 aliphatic heterocycles. The zero-order chi connectivity index (χ0) is 10.7. The van der Waals surface area contributed by atoms with Gasteiger partial charge in [0.15, 0.2) is 5.96 Å². The van der Waals surface area contributed by atoms with Crippen molar-refractivity contribution in [1.82, 2.24) is 15.1 Å². The Labute approximate surface area is 90.1 Å². The highest BCUT2D eigenvalue weighted by atomic mass is 16.2. The van der Waals surface area contributed by atoms with Crippen molar-refractivity contribution in [3.05, 3.63) is 0 Å². The van der Waals surface area contributed by atoms with E-state index in [-0.39, 0.29) is 5.91 Å². The Balaban J connectivity index is 1.75. The summed E-state index contributed by atoms with van der Waals surface area (Å²) >= 11 is 0. The molecule has 0 aromatic carbocycles. The van der Waals surface area contributed by atoms with Crippen LogP contribution in [0, 0.1) is 0 Å². The van der Waals surface area contributed by atoms with Crippen molar-refractivity contribution in [3.8, 4) is 0 Å². The molecule has 0 unspecified atom stereocenters. The summed E-state index contributed by atoms with van der Waals surface area (Å²) in [4.78, 5) is 19.9. The minimum Gasteiger partial charge on any atom is -0.347 e. The number of hydrogen-bond donors (Lipinski definition) is 1. The second kappa shape index (κ2) is 4.51. The fraction of sp³-hybridized carbons (Fsp3) is 0.800.